The molecular formula is C11H18N2O3. The van der Waals surface area contributed by atoms with Crippen LogP contribution in [0.15, 0.2) is 0 Å². The summed E-state index contributed by atoms with van der Waals surface area (Å²) in [4.78, 5) is 24.4. The smallest absolute Gasteiger partial charge is 0.320 e. The lowest BCUT2D eigenvalue weighted by Crippen LogP contribution is -2.49. The van der Waals surface area contributed by atoms with Crippen LogP contribution in [0.25, 0.3) is 0 Å². The quantitative estimate of drug-likeness (QED) is 0.718. The summed E-state index contributed by atoms with van der Waals surface area (Å²) in [6, 6.07) is -0.126. The Morgan fingerprint density at radius 1 is 1.25 bits per heavy atom. The van der Waals surface area contributed by atoms with Crippen molar-refractivity contribution in [3.05, 3.63) is 0 Å². The van der Waals surface area contributed by atoms with Gasteiger partial charge in [-0.1, -0.05) is 6.42 Å². The van der Waals surface area contributed by atoms with E-state index in [-0.39, 0.29) is 12.5 Å². The number of carbonyl (C=O) groups excluding carboxylic acids is 1. The van der Waals surface area contributed by atoms with Gasteiger partial charge in [0.05, 0.1) is 6.54 Å². The number of aliphatic carboxylic acids is 1. The zero-order valence-electron chi connectivity index (χ0n) is 9.32. The van der Waals surface area contributed by atoms with Gasteiger partial charge in [-0.2, -0.15) is 0 Å². The first kappa shape index (κ1) is 11.4. The fourth-order valence-corrected chi connectivity index (χ4v) is 2.15. The van der Waals surface area contributed by atoms with Crippen LogP contribution >= 0.6 is 0 Å². The molecule has 1 atom stereocenters. The highest BCUT2D eigenvalue weighted by atomic mass is 16.4. The maximum absolute atomic E-state index is 11.6. The molecule has 0 bridgehead atoms. The molecule has 90 valence electrons. The number of hydrogen-bond acceptors (Lipinski definition) is 3. The minimum atomic E-state index is -0.807. The zero-order valence-corrected chi connectivity index (χ0v) is 9.32. The molecule has 0 spiro atoms. The van der Waals surface area contributed by atoms with E-state index in [0.29, 0.717) is 12.5 Å². The fourth-order valence-electron chi connectivity index (χ4n) is 2.15. The monoisotopic (exact) mass is 226 g/mol. The second-order valence-corrected chi connectivity index (χ2v) is 4.66. The van der Waals surface area contributed by atoms with Crippen LogP contribution in [-0.2, 0) is 9.59 Å². The van der Waals surface area contributed by atoms with Gasteiger partial charge < -0.3 is 10.4 Å². The summed E-state index contributed by atoms with van der Waals surface area (Å²) in [5, 5.41) is 11.9. The summed E-state index contributed by atoms with van der Waals surface area (Å²) in [6.07, 6.45) is 4.71. The van der Waals surface area contributed by atoms with Gasteiger partial charge in [0.1, 0.15) is 6.04 Å². The van der Waals surface area contributed by atoms with Gasteiger partial charge in [-0.15, -0.1) is 0 Å². The van der Waals surface area contributed by atoms with Gasteiger partial charge in [0.2, 0.25) is 5.91 Å². The van der Waals surface area contributed by atoms with Gasteiger partial charge in [-0.3, -0.25) is 14.5 Å². The highest BCUT2D eigenvalue weighted by Crippen LogP contribution is 2.19. The van der Waals surface area contributed by atoms with E-state index in [4.69, 9.17) is 5.11 Å². The largest absolute Gasteiger partial charge is 0.480 e. The predicted molar refractivity (Wildman–Crippen MR) is 58.0 cm³/mol. The zero-order chi connectivity index (χ0) is 11.5. The molecule has 16 heavy (non-hydrogen) atoms. The van der Waals surface area contributed by atoms with Crippen molar-refractivity contribution in [2.75, 3.05) is 13.1 Å². The minimum Gasteiger partial charge on any atom is -0.480 e. The third kappa shape index (κ3) is 2.95. The number of nitrogens with one attached hydrogen (secondary N) is 1. The second-order valence-electron chi connectivity index (χ2n) is 4.66. The number of amides is 1. The van der Waals surface area contributed by atoms with Crippen molar-refractivity contribution in [1.29, 1.82) is 0 Å². The molecule has 2 fully saturated rings. The maximum atomic E-state index is 11.6. The van der Waals surface area contributed by atoms with Gasteiger partial charge in [-0.25, -0.2) is 0 Å². The highest BCUT2D eigenvalue weighted by Gasteiger charge is 2.31. The van der Waals surface area contributed by atoms with E-state index >= 15 is 0 Å². The van der Waals surface area contributed by atoms with Gasteiger partial charge in [0.25, 0.3) is 0 Å². The number of likely N-dealkylation sites (tertiary alicyclic amines) is 1. The molecular weight excluding hydrogens is 208 g/mol. The molecule has 5 nitrogen and oxygen atoms in total. The highest BCUT2D eigenvalue weighted by molar-refractivity contribution is 5.80. The van der Waals surface area contributed by atoms with Gasteiger partial charge in [0, 0.05) is 6.04 Å². The van der Waals surface area contributed by atoms with Crippen LogP contribution in [0.2, 0.25) is 0 Å². The van der Waals surface area contributed by atoms with E-state index in [1.54, 1.807) is 4.90 Å². The molecule has 0 aromatic heterocycles. The number of hydrogen-bond donors (Lipinski definition) is 2. The molecule has 2 rings (SSSR count). The number of rotatable bonds is 4. The van der Waals surface area contributed by atoms with Crippen molar-refractivity contribution in [1.82, 2.24) is 10.2 Å². The van der Waals surface area contributed by atoms with Crippen molar-refractivity contribution in [3.63, 3.8) is 0 Å². The van der Waals surface area contributed by atoms with Gasteiger partial charge in [0.15, 0.2) is 0 Å². The van der Waals surface area contributed by atoms with Crippen molar-refractivity contribution in [3.8, 4) is 0 Å². The van der Waals surface area contributed by atoms with Gasteiger partial charge >= 0.3 is 5.97 Å². The summed E-state index contributed by atoms with van der Waals surface area (Å²) in [6.45, 7) is 0.947. The summed E-state index contributed by atoms with van der Waals surface area (Å²) >= 11 is 0. The Balaban J connectivity index is 1.84. The fraction of sp³-hybridized carbons (Fsp3) is 0.818. The SMILES string of the molecule is O=C(CN1CCCCC1C(=O)O)NC1CC1. The summed E-state index contributed by atoms with van der Waals surface area (Å²) < 4.78 is 0. The molecule has 1 aliphatic heterocycles. The van der Waals surface area contributed by atoms with E-state index in [2.05, 4.69) is 5.32 Å². The summed E-state index contributed by atoms with van der Waals surface area (Å²) in [5.41, 5.74) is 0. The summed E-state index contributed by atoms with van der Waals surface area (Å²) in [5.74, 6) is -0.838. The van der Waals surface area contributed by atoms with Crippen LogP contribution in [0.5, 0.6) is 0 Å². The normalized spacial score (nSPS) is 26.4. The van der Waals surface area contributed by atoms with E-state index in [1.165, 1.54) is 0 Å². The number of nitrogens with zero attached hydrogens (tertiary/aromatic N) is 1. The van der Waals surface area contributed by atoms with E-state index in [1.807, 2.05) is 0 Å². The van der Waals surface area contributed by atoms with Crippen molar-refractivity contribution in [2.45, 2.75) is 44.2 Å². The average Bonchev–Trinajstić information content (AvgIpc) is 3.02. The molecule has 0 radical (unpaired) electrons. The Morgan fingerprint density at radius 2 is 2.00 bits per heavy atom. The van der Waals surface area contributed by atoms with Crippen molar-refractivity contribution < 1.29 is 14.7 Å². The lowest BCUT2D eigenvalue weighted by Gasteiger charge is -2.32. The molecule has 0 aromatic rings. The maximum Gasteiger partial charge on any atom is 0.320 e. The van der Waals surface area contributed by atoms with E-state index in [9.17, 15) is 9.59 Å². The minimum absolute atomic E-state index is 0.0318. The van der Waals surface area contributed by atoms with Crippen LogP contribution in [-0.4, -0.2) is 47.1 Å². The Morgan fingerprint density at radius 3 is 2.62 bits per heavy atom. The second kappa shape index (κ2) is 4.82. The number of carbonyl (C=O) groups is 2. The van der Waals surface area contributed by atoms with Crippen molar-refractivity contribution in [2.24, 2.45) is 0 Å². The number of carboxylic acids is 1. The molecule has 2 aliphatic rings. The lowest BCUT2D eigenvalue weighted by atomic mass is 10.0. The van der Waals surface area contributed by atoms with Crippen LogP contribution in [0.4, 0.5) is 0 Å². The van der Waals surface area contributed by atoms with Crippen LogP contribution in [0.1, 0.15) is 32.1 Å². The molecule has 0 aromatic carbocycles. The first-order valence-electron chi connectivity index (χ1n) is 5.93. The third-order valence-electron chi connectivity index (χ3n) is 3.19. The molecule has 5 heteroatoms. The first-order chi connectivity index (χ1) is 7.66. The van der Waals surface area contributed by atoms with Crippen LogP contribution in [0.3, 0.4) is 0 Å². The number of carboxylic acid groups (broad SMARTS) is 1. The molecule has 1 amide bonds. The van der Waals surface area contributed by atoms with Crippen LogP contribution < -0.4 is 5.32 Å². The Kier molecular flexibility index (Phi) is 3.43. The van der Waals surface area contributed by atoms with E-state index < -0.39 is 12.0 Å². The average molecular weight is 226 g/mol. The Labute approximate surface area is 94.8 Å². The molecule has 1 unspecified atom stereocenters. The third-order valence-corrected chi connectivity index (χ3v) is 3.19. The molecule has 1 aliphatic carbocycles. The molecule has 1 heterocycles. The Hall–Kier alpha value is -1.10. The standard InChI is InChI=1S/C11H18N2O3/c14-10(12-8-4-5-8)7-13-6-2-1-3-9(13)11(15)16/h8-9H,1-7H2,(H,12,14)(H,15,16). The van der Waals surface area contributed by atoms with E-state index in [0.717, 1.165) is 32.2 Å². The number of piperidine rings is 1. The summed E-state index contributed by atoms with van der Waals surface area (Å²) in [7, 11) is 0. The Bertz CT molecular complexity index is 289. The van der Waals surface area contributed by atoms with Crippen LogP contribution in [0, 0.1) is 0 Å². The predicted octanol–water partition coefficient (Wildman–Crippen LogP) is 0.204. The topological polar surface area (TPSA) is 69.6 Å². The lowest BCUT2D eigenvalue weighted by molar-refractivity contribution is -0.145. The molecule has 2 N–H and O–H groups in total. The molecule has 1 saturated heterocycles. The van der Waals surface area contributed by atoms with Crippen molar-refractivity contribution >= 4 is 11.9 Å². The van der Waals surface area contributed by atoms with Gasteiger partial charge in [-0.05, 0) is 32.2 Å². The molecule has 1 saturated carbocycles. The first-order valence-corrected chi connectivity index (χ1v) is 5.93.